The Morgan fingerprint density at radius 2 is 2.23 bits per heavy atom. The monoisotopic (exact) mass is 194 g/mol. The molecule has 0 radical (unpaired) electrons. The minimum atomic E-state index is -0.416. The zero-order chi connectivity index (χ0) is 9.42. The second kappa shape index (κ2) is 2.75. The summed E-state index contributed by atoms with van der Waals surface area (Å²) in [7, 11) is 0. The Morgan fingerprint density at radius 3 is 2.92 bits per heavy atom. The Kier molecular flexibility index (Phi) is 1.71. The molecular weight excluding hydrogens is 191 g/mol. The summed E-state index contributed by atoms with van der Waals surface area (Å²) >= 11 is 5.73. The van der Waals surface area contributed by atoms with E-state index in [0.29, 0.717) is 16.1 Å². The number of hydrogen-bond acceptors (Lipinski definition) is 1. The number of nitrogens with one attached hydrogen (secondary N) is 1. The summed E-state index contributed by atoms with van der Waals surface area (Å²) in [6.45, 7) is 0. The van der Waals surface area contributed by atoms with Crippen molar-refractivity contribution in [3.8, 4) is 6.07 Å². The van der Waals surface area contributed by atoms with E-state index in [1.807, 2.05) is 6.07 Å². The lowest BCUT2D eigenvalue weighted by Gasteiger charge is -1.94. The first-order valence-electron chi connectivity index (χ1n) is 3.59. The number of benzene rings is 1. The van der Waals surface area contributed by atoms with Crippen molar-refractivity contribution in [3.63, 3.8) is 0 Å². The number of halogens is 2. The van der Waals surface area contributed by atoms with Crippen LogP contribution in [0, 0.1) is 17.1 Å². The Bertz CT molecular complexity index is 510. The largest absolute Gasteiger partial charge is 0.359 e. The fraction of sp³-hybridized carbons (Fsp3) is 0. The zero-order valence-corrected chi connectivity index (χ0v) is 7.19. The lowest BCUT2D eigenvalue weighted by Crippen LogP contribution is -1.81. The van der Waals surface area contributed by atoms with Crippen LogP contribution in [-0.4, -0.2) is 4.98 Å². The van der Waals surface area contributed by atoms with Crippen molar-refractivity contribution in [1.29, 1.82) is 5.26 Å². The molecule has 0 saturated carbocycles. The van der Waals surface area contributed by atoms with Crippen molar-refractivity contribution < 1.29 is 4.39 Å². The molecule has 0 spiro atoms. The van der Waals surface area contributed by atoms with Crippen LogP contribution in [0.3, 0.4) is 0 Å². The van der Waals surface area contributed by atoms with Crippen LogP contribution in [0.15, 0.2) is 18.3 Å². The van der Waals surface area contributed by atoms with Crippen LogP contribution >= 0.6 is 11.6 Å². The third-order valence-electron chi connectivity index (χ3n) is 1.86. The van der Waals surface area contributed by atoms with Crippen LogP contribution in [-0.2, 0) is 0 Å². The minimum Gasteiger partial charge on any atom is -0.359 e. The van der Waals surface area contributed by atoms with E-state index >= 15 is 0 Å². The Hall–Kier alpha value is -1.53. The predicted molar refractivity (Wildman–Crippen MR) is 48.0 cm³/mol. The maximum atomic E-state index is 13.2. The molecule has 0 atom stereocenters. The van der Waals surface area contributed by atoms with Crippen LogP contribution < -0.4 is 0 Å². The van der Waals surface area contributed by atoms with Gasteiger partial charge in [0.2, 0.25) is 0 Å². The lowest BCUT2D eigenvalue weighted by molar-refractivity contribution is 0.640. The second-order valence-corrected chi connectivity index (χ2v) is 3.00. The van der Waals surface area contributed by atoms with Crippen molar-refractivity contribution in [2.75, 3.05) is 0 Å². The first-order valence-corrected chi connectivity index (χ1v) is 3.97. The summed E-state index contributed by atoms with van der Waals surface area (Å²) in [5.74, 6) is -0.416. The number of rotatable bonds is 0. The standard InChI is InChI=1S/C9H4ClFN2/c10-6-4-13-9-5(3-12)1-2-7(11)8(6)9/h1-2,4,13H. The third-order valence-corrected chi connectivity index (χ3v) is 2.16. The van der Waals surface area contributed by atoms with Crippen LogP contribution in [0.4, 0.5) is 4.39 Å². The van der Waals surface area contributed by atoms with Crippen LogP contribution in [0.5, 0.6) is 0 Å². The van der Waals surface area contributed by atoms with Crippen LogP contribution in [0.25, 0.3) is 10.9 Å². The SMILES string of the molecule is N#Cc1ccc(F)c2c(Cl)c[nH]c12. The molecule has 2 aromatic rings. The van der Waals surface area contributed by atoms with Gasteiger partial charge in [-0.1, -0.05) is 11.6 Å². The molecule has 0 aliphatic heterocycles. The van der Waals surface area contributed by atoms with E-state index in [1.54, 1.807) is 0 Å². The van der Waals surface area contributed by atoms with Gasteiger partial charge in [0.25, 0.3) is 0 Å². The molecule has 64 valence electrons. The summed E-state index contributed by atoms with van der Waals surface area (Å²) in [6.07, 6.45) is 1.47. The quantitative estimate of drug-likeness (QED) is 0.688. The Morgan fingerprint density at radius 1 is 1.46 bits per heavy atom. The molecular formula is C9H4ClFN2. The van der Waals surface area contributed by atoms with E-state index in [1.165, 1.54) is 18.3 Å². The van der Waals surface area contributed by atoms with Gasteiger partial charge >= 0.3 is 0 Å². The van der Waals surface area contributed by atoms with Gasteiger partial charge in [-0.15, -0.1) is 0 Å². The van der Waals surface area contributed by atoms with Gasteiger partial charge in [0.15, 0.2) is 0 Å². The Balaban J connectivity index is 2.97. The fourth-order valence-electron chi connectivity index (χ4n) is 1.26. The molecule has 4 heteroatoms. The van der Waals surface area contributed by atoms with Crippen LogP contribution in [0.2, 0.25) is 5.02 Å². The van der Waals surface area contributed by atoms with Crippen molar-refractivity contribution in [2.45, 2.75) is 0 Å². The number of hydrogen-bond donors (Lipinski definition) is 1. The molecule has 0 aliphatic rings. The van der Waals surface area contributed by atoms with Crippen LogP contribution in [0.1, 0.15) is 5.56 Å². The highest BCUT2D eigenvalue weighted by Crippen LogP contribution is 2.27. The first-order chi connectivity index (χ1) is 6.24. The van der Waals surface area contributed by atoms with Crippen molar-refractivity contribution in [2.24, 2.45) is 0 Å². The number of aromatic nitrogens is 1. The van der Waals surface area contributed by atoms with Gasteiger partial charge in [-0.3, -0.25) is 0 Å². The Labute approximate surface area is 78.5 Å². The summed E-state index contributed by atoms with van der Waals surface area (Å²) in [5.41, 5.74) is 0.843. The summed E-state index contributed by atoms with van der Waals surface area (Å²) in [4.78, 5) is 2.75. The average molecular weight is 195 g/mol. The molecule has 0 aliphatic carbocycles. The molecule has 0 unspecified atom stereocenters. The molecule has 1 aromatic heterocycles. The number of H-pyrrole nitrogens is 1. The zero-order valence-electron chi connectivity index (χ0n) is 6.44. The van der Waals surface area contributed by atoms with E-state index in [2.05, 4.69) is 4.98 Å². The molecule has 0 amide bonds. The highest BCUT2D eigenvalue weighted by molar-refractivity contribution is 6.35. The molecule has 2 rings (SSSR count). The van der Waals surface area contributed by atoms with Gasteiger partial charge in [0.1, 0.15) is 11.9 Å². The molecule has 13 heavy (non-hydrogen) atoms. The first kappa shape index (κ1) is 8.09. The number of fused-ring (bicyclic) bond motifs is 1. The smallest absolute Gasteiger partial charge is 0.134 e. The lowest BCUT2D eigenvalue weighted by atomic mass is 10.1. The molecule has 0 bridgehead atoms. The molecule has 1 heterocycles. The number of nitriles is 1. The average Bonchev–Trinajstić information content (AvgIpc) is 2.50. The van der Waals surface area contributed by atoms with Crippen molar-refractivity contribution >= 4 is 22.5 Å². The van der Waals surface area contributed by atoms with Gasteiger partial charge < -0.3 is 4.98 Å². The molecule has 0 fully saturated rings. The molecule has 0 saturated heterocycles. The number of nitrogens with zero attached hydrogens (tertiary/aromatic N) is 1. The summed E-state index contributed by atoms with van der Waals surface area (Å²) in [5, 5.41) is 9.27. The van der Waals surface area contributed by atoms with E-state index < -0.39 is 5.82 Å². The molecule has 1 N–H and O–H groups in total. The predicted octanol–water partition coefficient (Wildman–Crippen LogP) is 2.83. The normalized spacial score (nSPS) is 10.2. The van der Waals surface area contributed by atoms with Gasteiger partial charge in [-0.05, 0) is 12.1 Å². The third kappa shape index (κ3) is 1.07. The highest BCUT2D eigenvalue weighted by Gasteiger charge is 2.10. The van der Waals surface area contributed by atoms with Gasteiger partial charge in [-0.25, -0.2) is 4.39 Å². The minimum absolute atomic E-state index is 0.278. The van der Waals surface area contributed by atoms with E-state index in [-0.39, 0.29) is 5.39 Å². The second-order valence-electron chi connectivity index (χ2n) is 2.59. The van der Waals surface area contributed by atoms with Gasteiger partial charge in [-0.2, -0.15) is 5.26 Å². The van der Waals surface area contributed by atoms with E-state index in [0.717, 1.165) is 0 Å². The van der Waals surface area contributed by atoms with E-state index in [9.17, 15) is 4.39 Å². The summed E-state index contributed by atoms with van der Waals surface area (Å²) in [6, 6.07) is 4.61. The highest BCUT2D eigenvalue weighted by atomic mass is 35.5. The topological polar surface area (TPSA) is 39.6 Å². The molecule has 1 aromatic carbocycles. The maximum Gasteiger partial charge on any atom is 0.134 e. The summed E-state index contributed by atoms with van der Waals surface area (Å²) < 4.78 is 13.2. The maximum absolute atomic E-state index is 13.2. The van der Waals surface area contributed by atoms with Crippen molar-refractivity contribution in [3.05, 3.63) is 34.7 Å². The van der Waals surface area contributed by atoms with E-state index in [4.69, 9.17) is 16.9 Å². The van der Waals surface area contributed by atoms with Gasteiger partial charge in [0.05, 0.1) is 21.5 Å². The molecule has 2 nitrogen and oxygen atoms in total. The number of aromatic amines is 1. The fourth-order valence-corrected chi connectivity index (χ4v) is 1.50. The van der Waals surface area contributed by atoms with Crippen molar-refractivity contribution in [1.82, 2.24) is 4.98 Å². The van der Waals surface area contributed by atoms with Gasteiger partial charge in [0, 0.05) is 6.20 Å².